The Morgan fingerprint density at radius 3 is 2.65 bits per heavy atom. The zero-order valence-electron chi connectivity index (χ0n) is 10.1. The zero-order valence-corrected chi connectivity index (χ0v) is 10.1. The van der Waals surface area contributed by atoms with E-state index in [1.54, 1.807) is 12.1 Å². The molecule has 1 N–H and O–H groups in total. The molecule has 0 saturated heterocycles. The molecule has 0 radical (unpaired) electrons. The van der Waals surface area contributed by atoms with Crippen molar-refractivity contribution >= 4 is 5.69 Å². The monoisotopic (exact) mass is 278 g/mol. The topological polar surface area (TPSA) is 61.6 Å². The Hall–Kier alpha value is -2.62. The Kier molecular flexibility index (Phi) is 3.84. The third-order valence-electron chi connectivity index (χ3n) is 2.56. The van der Waals surface area contributed by atoms with Gasteiger partial charge in [0.25, 0.3) is 0 Å². The maximum atomic E-state index is 12.9. The van der Waals surface area contributed by atoms with Gasteiger partial charge in [-0.25, -0.2) is 9.97 Å². The van der Waals surface area contributed by atoms with Crippen LogP contribution < -0.4 is 5.32 Å². The normalized spacial score (nSPS) is 10.9. The Balaban J connectivity index is 2.25. The largest absolute Gasteiger partial charge is 0.418 e. The second-order valence-electron chi connectivity index (χ2n) is 3.92. The number of halogens is 3. The number of hydrogen-bond acceptors (Lipinski definition) is 4. The van der Waals surface area contributed by atoms with E-state index in [9.17, 15) is 13.2 Å². The van der Waals surface area contributed by atoms with Crippen molar-refractivity contribution in [2.24, 2.45) is 0 Å². The fourth-order valence-corrected chi connectivity index (χ4v) is 1.61. The molecule has 0 aliphatic rings. The molecule has 4 nitrogen and oxygen atoms in total. The summed E-state index contributed by atoms with van der Waals surface area (Å²) in [6, 6.07) is 6.68. The van der Waals surface area contributed by atoms with Crippen LogP contribution in [0.2, 0.25) is 0 Å². The molecule has 0 saturated carbocycles. The highest BCUT2D eigenvalue weighted by atomic mass is 19.4. The lowest BCUT2D eigenvalue weighted by Crippen LogP contribution is -2.11. The van der Waals surface area contributed by atoms with E-state index in [1.807, 2.05) is 0 Å². The van der Waals surface area contributed by atoms with Crippen molar-refractivity contribution in [3.8, 4) is 6.07 Å². The van der Waals surface area contributed by atoms with Crippen LogP contribution in [0.3, 0.4) is 0 Å². The first-order valence-electron chi connectivity index (χ1n) is 5.61. The third kappa shape index (κ3) is 3.23. The van der Waals surface area contributed by atoms with E-state index in [-0.39, 0.29) is 17.8 Å². The Morgan fingerprint density at radius 1 is 1.25 bits per heavy atom. The summed E-state index contributed by atoms with van der Waals surface area (Å²) in [5, 5.41) is 11.3. The SMILES string of the molecule is N#Cc1ccc(NCc2ccncn2)c(C(F)(F)F)c1. The number of anilines is 1. The van der Waals surface area contributed by atoms with Crippen LogP contribution in [0, 0.1) is 11.3 Å². The van der Waals surface area contributed by atoms with Crippen molar-refractivity contribution in [2.45, 2.75) is 12.7 Å². The average molecular weight is 278 g/mol. The highest BCUT2D eigenvalue weighted by Gasteiger charge is 2.33. The Bertz CT molecular complexity index is 632. The molecule has 0 aliphatic carbocycles. The Labute approximate surface area is 112 Å². The van der Waals surface area contributed by atoms with E-state index in [1.165, 1.54) is 24.7 Å². The van der Waals surface area contributed by atoms with Crippen molar-refractivity contribution in [1.82, 2.24) is 9.97 Å². The quantitative estimate of drug-likeness (QED) is 0.937. The molecule has 1 heterocycles. The van der Waals surface area contributed by atoms with Gasteiger partial charge in [-0.1, -0.05) is 0 Å². The van der Waals surface area contributed by atoms with Crippen LogP contribution >= 0.6 is 0 Å². The second-order valence-corrected chi connectivity index (χ2v) is 3.92. The maximum Gasteiger partial charge on any atom is 0.418 e. The lowest BCUT2D eigenvalue weighted by atomic mass is 10.1. The molecule has 0 fully saturated rings. The van der Waals surface area contributed by atoms with Crippen molar-refractivity contribution in [1.29, 1.82) is 5.26 Å². The van der Waals surface area contributed by atoms with Gasteiger partial charge in [-0.05, 0) is 24.3 Å². The molecule has 0 amide bonds. The predicted octanol–water partition coefficient (Wildman–Crippen LogP) is 2.98. The summed E-state index contributed by atoms with van der Waals surface area (Å²) in [6.07, 6.45) is -1.70. The minimum absolute atomic E-state index is 0.0371. The van der Waals surface area contributed by atoms with Gasteiger partial charge in [-0.2, -0.15) is 18.4 Å². The lowest BCUT2D eigenvalue weighted by molar-refractivity contribution is -0.137. The van der Waals surface area contributed by atoms with Crippen LogP contribution in [0.25, 0.3) is 0 Å². The number of benzene rings is 1. The van der Waals surface area contributed by atoms with E-state index >= 15 is 0 Å². The molecule has 0 aliphatic heterocycles. The highest BCUT2D eigenvalue weighted by molar-refractivity contribution is 5.56. The molecule has 1 aromatic heterocycles. The lowest BCUT2D eigenvalue weighted by Gasteiger charge is -2.14. The molecular weight excluding hydrogens is 269 g/mol. The molecular formula is C13H9F3N4. The van der Waals surface area contributed by atoms with Crippen LogP contribution in [-0.4, -0.2) is 9.97 Å². The van der Waals surface area contributed by atoms with Crippen molar-refractivity contribution in [3.05, 3.63) is 53.6 Å². The Morgan fingerprint density at radius 2 is 2.05 bits per heavy atom. The van der Waals surface area contributed by atoms with Crippen LogP contribution in [0.15, 0.2) is 36.8 Å². The van der Waals surface area contributed by atoms with Gasteiger partial charge in [-0.3, -0.25) is 0 Å². The van der Waals surface area contributed by atoms with Gasteiger partial charge < -0.3 is 5.32 Å². The van der Waals surface area contributed by atoms with E-state index in [0.717, 1.165) is 6.07 Å². The van der Waals surface area contributed by atoms with Gasteiger partial charge in [0, 0.05) is 11.9 Å². The van der Waals surface area contributed by atoms with Gasteiger partial charge in [0.15, 0.2) is 0 Å². The molecule has 0 spiro atoms. The van der Waals surface area contributed by atoms with Crippen LogP contribution in [0.5, 0.6) is 0 Å². The molecule has 102 valence electrons. The van der Waals surface area contributed by atoms with Gasteiger partial charge >= 0.3 is 6.18 Å². The van der Waals surface area contributed by atoms with E-state index < -0.39 is 11.7 Å². The second kappa shape index (κ2) is 5.57. The number of nitrogens with zero attached hydrogens (tertiary/aromatic N) is 3. The maximum absolute atomic E-state index is 12.9. The van der Waals surface area contributed by atoms with Crippen molar-refractivity contribution in [3.63, 3.8) is 0 Å². The third-order valence-corrected chi connectivity index (χ3v) is 2.56. The minimum atomic E-state index is -4.53. The summed E-state index contributed by atoms with van der Waals surface area (Å²) in [5.41, 5.74) is -0.428. The summed E-state index contributed by atoms with van der Waals surface area (Å²) in [5.74, 6) is 0. The molecule has 2 rings (SSSR count). The highest BCUT2D eigenvalue weighted by Crippen LogP contribution is 2.35. The standard InChI is InChI=1S/C13H9F3N4/c14-13(15,16)11-5-9(6-17)1-2-12(11)19-7-10-3-4-18-8-20-10/h1-5,8,19H,7H2. The van der Waals surface area contributed by atoms with Crippen molar-refractivity contribution in [2.75, 3.05) is 5.32 Å². The first-order valence-corrected chi connectivity index (χ1v) is 5.61. The molecule has 7 heteroatoms. The fraction of sp³-hybridized carbons (Fsp3) is 0.154. The molecule has 20 heavy (non-hydrogen) atoms. The van der Waals surface area contributed by atoms with E-state index in [4.69, 9.17) is 5.26 Å². The molecule has 0 atom stereocenters. The number of hydrogen-bond donors (Lipinski definition) is 1. The van der Waals surface area contributed by atoms with Crippen LogP contribution in [0.4, 0.5) is 18.9 Å². The smallest absolute Gasteiger partial charge is 0.379 e. The predicted molar refractivity (Wildman–Crippen MR) is 65.5 cm³/mol. The first-order chi connectivity index (χ1) is 9.50. The summed E-state index contributed by atoms with van der Waals surface area (Å²) in [4.78, 5) is 7.64. The van der Waals surface area contributed by atoms with Gasteiger partial charge in [0.1, 0.15) is 6.33 Å². The van der Waals surface area contributed by atoms with Crippen molar-refractivity contribution < 1.29 is 13.2 Å². The number of alkyl halides is 3. The fourth-order valence-electron chi connectivity index (χ4n) is 1.61. The molecule has 0 bridgehead atoms. The summed E-state index contributed by atoms with van der Waals surface area (Å²) >= 11 is 0. The summed E-state index contributed by atoms with van der Waals surface area (Å²) in [6.45, 7) is 0.136. The van der Waals surface area contributed by atoms with Crippen LogP contribution in [0.1, 0.15) is 16.8 Å². The average Bonchev–Trinajstić information content (AvgIpc) is 2.45. The van der Waals surface area contributed by atoms with Gasteiger partial charge in [0.2, 0.25) is 0 Å². The number of aromatic nitrogens is 2. The summed E-state index contributed by atoms with van der Waals surface area (Å²) in [7, 11) is 0. The van der Waals surface area contributed by atoms with Gasteiger partial charge in [-0.15, -0.1) is 0 Å². The molecule has 2 aromatic rings. The van der Waals surface area contributed by atoms with E-state index in [2.05, 4.69) is 15.3 Å². The molecule has 0 unspecified atom stereocenters. The molecule has 1 aromatic carbocycles. The number of nitriles is 1. The van der Waals surface area contributed by atoms with Gasteiger partial charge in [0.05, 0.1) is 29.4 Å². The first kappa shape index (κ1) is 13.8. The minimum Gasteiger partial charge on any atom is -0.379 e. The zero-order chi connectivity index (χ0) is 14.6. The number of nitrogens with one attached hydrogen (secondary N) is 1. The number of rotatable bonds is 3. The van der Waals surface area contributed by atoms with E-state index in [0.29, 0.717) is 5.69 Å². The van der Waals surface area contributed by atoms with Crippen LogP contribution in [-0.2, 0) is 12.7 Å². The summed E-state index contributed by atoms with van der Waals surface area (Å²) < 4.78 is 38.7.